The molecule has 0 amide bonds. The Morgan fingerprint density at radius 3 is 2.54 bits per heavy atom. The summed E-state index contributed by atoms with van der Waals surface area (Å²) in [6.45, 7) is 1.13. The van der Waals surface area contributed by atoms with E-state index in [0.717, 1.165) is 5.56 Å². The standard InChI is InChI=1S/C18H21N3O4S/c1-25-18(22)17-8-7-15(10-20-17)26(23,24)21-11-14(9-19)16(12-21)13-5-3-2-4-6-13/h2-8,10,14,16H,9,11-12,19H2,1H3/t14-,16+/m1/s1. The fourth-order valence-electron chi connectivity index (χ4n) is 3.25. The van der Waals surface area contributed by atoms with Crippen molar-refractivity contribution in [3.8, 4) is 0 Å². The summed E-state index contributed by atoms with van der Waals surface area (Å²) in [6, 6.07) is 12.5. The molecule has 1 aliphatic heterocycles. The number of benzene rings is 1. The number of esters is 1. The van der Waals surface area contributed by atoms with Crippen molar-refractivity contribution in [3.63, 3.8) is 0 Å². The van der Waals surface area contributed by atoms with Crippen molar-refractivity contribution in [2.75, 3.05) is 26.7 Å². The normalized spacial score (nSPS) is 20.8. The highest BCUT2D eigenvalue weighted by molar-refractivity contribution is 7.89. The zero-order chi connectivity index (χ0) is 18.7. The molecule has 1 fully saturated rings. The molecule has 0 saturated carbocycles. The van der Waals surface area contributed by atoms with Gasteiger partial charge in [0.1, 0.15) is 10.6 Å². The van der Waals surface area contributed by atoms with E-state index >= 15 is 0 Å². The number of methoxy groups -OCH3 is 1. The van der Waals surface area contributed by atoms with Crippen LogP contribution in [-0.4, -0.2) is 50.4 Å². The number of carbonyl (C=O) groups excluding carboxylic acids is 1. The van der Waals surface area contributed by atoms with Crippen molar-refractivity contribution in [3.05, 3.63) is 59.9 Å². The van der Waals surface area contributed by atoms with E-state index in [4.69, 9.17) is 5.73 Å². The first-order valence-electron chi connectivity index (χ1n) is 8.27. The van der Waals surface area contributed by atoms with Gasteiger partial charge in [0, 0.05) is 25.2 Å². The molecule has 2 N–H and O–H groups in total. The molecule has 2 aromatic rings. The molecule has 8 heteroatoms. The minimum atomic E-state index is -3.71. The molecule has 2 heterocycles. The quantitative estimate of drug-likeness (QED) is 0.789. The lowest BCUT2D eigenvalue weighted by Gasteiger charge is -2.17. The van der Waals surface area contributed by atoms with Gasteiger partial charge in [-0.15, -0.1) is 0 Å². The molecule has 1 aromatic carbocycles. The van der Waals surface area contributed by atoms with Gasteiger partial charge < -0.3 is 10.5 Å². The van der Waals surface area contributed by atoms with Gasteiger partial charge in [0.2, 0.25) is 10.0 Å². The van der Waals surface area contributed by atoms with Gasteiger partial charge in [0.25, 0.3) is 0 Å². The van der Waals surface area contributed by atoms with Crippen LogP contribution in [0.25, 0.3) is 0 Å². The van der Waals surface area contributed by atoms with Gasteiger partial charge in [-0.25, -0.2) is 18.2 Å². The van der Waals surface area contributed by atoms with E-state index in [-0.39, 0.29) is 22.4 Å². The van der Waals surface area contributed by atoms with Crippen molar-refractivity contribution in [2.24, 2.45) is 11.7 Å². The Balaban J connectivity index is 1.85. The van der Waals surface area contributed by atoms with Crippen LogP contribution in [0.5, 0.6) is 0 Å². The van der Waals surface area contributed by atoms with Gasteiger partial charge in [0.15, 0.2) is 0 Å². The highest BCUT2D eigenvalue weighted by Gasteiger charge is 2.39. The summed E-state index contributed by atoms with van der Waals surface area (Å²) < 4.78 is 31.9. The average molecular weight is 375 g/mol. The minimum Gasteiger partial charge on any atom is -0.464 e. The zero-order valence-corrected chi connectivity index (χ0v) is 15.2. The van der Waals surface area contributed by atoms with Crippen molar-refractivity contribution < 1.29 is 17.9 Å². The second kappa shape index (κ2) is 7.53. The fourth-order valence-corrected chi connectivity index (χ4v) is 4.72. The zero-order valence-electron chi connectivity index (χ0n) is 14.4. The number of sulfonamides is 1. The van der Waals surface area contributed by atoms with Crippen LogP contribution in [0.15, 0.2) is 53.6 Å². The largest absolute Gasteiger partial charge is 0.464 e. The van der Waals surface area contributed by atoms with Gasteiger partial charge in [-0.05, 0) is 30.2 Å². The van der Waals surface area contributed by atoms with Gasteiger partial charge in [-0.2, -0.15) is 4.31 Å². The lowest BCUT2D eigenvalue weighted by molar-refractivity contribution is 0.0594. The second-order valence-corrected chi connectivity index (χ2v) is 8.14. The summed E-state index contributed by atoms with van der Waals surface area (Å²) >= 11 is 0. The maximum atomic E-state index is 13.0. The van der Waals surface area contributed by atoms with Gasteiger partial charge >= 0.3 is 5.97 Å². The molecular formula is C18H21N3O4S. The third kappa shape index (κ3) is 3.48. The molecular weight excluding hydrogens is 354 g/mol. The minimum absolute atomic E-state index is 0.0504. The molecule has 7 nitrogen and oxygen atoms in total. The van der Waals surface area contributed by atoms with Crippen LogP contribution >= 0.6 is 0 Å². The van der Waals surface area contributed by atoms with Crippen molar-refractivity contribution in [2.45, 2.75) is 10.8 Å². The van der Waals surface area contributed by atoms with Crippen LogP contribution in [0, 0.1) is 5.92 Å². The van der Waals surface area contributed by atoms with Crippen molar-refractivity contribution in [1.29, 1.82) is 0 Å². The third-order valence-electron chi connectivity index (χ3n) is 4.71. The first-order valence-corrected chi connectivity index (χ1v) is 9.71. The lowest BCUT2D eigenvalue weighted by Crippen LogP contribution is -2.30. The van der Waals surface area contributed by atoms with E-state index in [0.29, 0.717) is 19.6 Å². The lowest BCUT2D eigenvalue weighted by atomic mass is 9.89. The molecule has 1 aliphatic rings. The molecule has 0 spiro atoms. The Bertz CT molecular complexity index is 869. The molecule has 26 heavy (non-hydrogen) atoms. The van der Waals surface area contributed by atoms with Crippen LogP contribution in [0.2, 0.25) is 0 Å². The summed E-state index contributed by atoms with van der Waals surface area (Å²) in [5.41, 5.74) is 7.04. The number of ether oxygens (including phenoxy) is 1. The van der Waals surface area contributed by atoms with E-state index in [2.05, 4.69) is 9.72 Å². The Labute approximate surface area is 152 Å². The summed E-state index contributed by atoms with van der Waals surface area (Å²) in [7, 11) is -2.46. The number of nitrogens with two attached hydrogens (primary N) is 1. The Morgan fingerprint density at radius 2 is 1.96 bits per heavy atom. The number of carbonyl (C=O) groups is 1. The summed E-state index contributed by atoms with van der Waals surface area (Å²) in [6.07, 6.45) is 1.19. The van der Waals surface area contributed by atoms with Gasteiger partial charge in [-0.1, -0.05) is 30.3 Å². The van der Waals surface area contributed by atoms with Crippen LogP contribution < -0.4 is 5.73 Å². The van der Waals surface area contributed by atoms with Crippen molar-refractivity contribution in [1.82, 2.24) is 9.29 Å². The number of rotatable bonds is 5. The predicted octanol–water partition coefficient (Wildman–Crippen LogP) is 1.23. The van der Waals surface area contributed by atoms with E-state index in [1.807, 2.05) is 30.3 Å². The Morgan fingerprint density at radius 1 is 1.23 bits per heavy atom. The van der Waals surface area contributed by atoms with Gasteiger partial charge in [-0.3, -0.25) is 0 Å². The second-order valence-electron chi connectivity index (χ2n) is 6.21. The maximum absolute atomic E-state index is 13.0. The smallest absolute Gasteiger partial charge is 0.356 e. The van der Waals surface area contributed by atoms with Crippen LogP contribution in [0.4, 0.5) is 0 Å². The summed E-state index contributed by atoms with van der Waals surface area (Å²) in [4.78, 5) is 15.4. The monoisotopic (exact) mass is 375 g/mol. The number of aromatic nitrogens is 1. The molecule has 0 radical (unpaired) electrons. The summed E-state index contributed by atoms with van der Waals surface area (Å²) in [5.74, 6) is -0.504. The molecule has 1 aromatic heterocycles. The first-order chi connectivity index (χ1) is 12.5. The molecule has 0 bridgehead atoms. The fraction of sp³-hybridized carbons (Fsp3) is 0.333. The molecule has 1 saturated heterocycles. The summed E-state index contributed by atoms with van der Waals surface area (Å²) in [5, 5.41) is 0. The van der Waals surface area contributed by atoms with Crippen LogP contribution in [0.3, 0.4) is 0 Å². The van der Waals surface area contributed by atoms with Crippen molar-refractivity contribution >= 4 is 16.0 Å². The highest BCUT2D eigenvalue weighted by Crippen LogP contribution is 2.35. The van der Waals surface area contributed by atoms with E-state index < -0.39 is 16.0 Å². The SMILES string of the molecule is COC(=O)c1ccc(S(=O)(=O)N2C[C@@H](CN)[C@H](c3ccccc3)C2)cn1. The average Bonchev–Trinajstić information content (AvgIpc) is 3.13. The Kier molecular flexibility index (Phi) is 5.36. The molecule has 3 rings (SSSR count). The number of hydrogen-bond donors (Lipinski definition) is 1. The van der Waals surface area contributed by atoms with Crippen LogP contribution in [-0.2, 0) is 14.8 Å². The maximum Gasteiger partial charge on any atom is 0.356 e. The number of nitrogens with zero attached hydrogens (tertiary/aromatic N) is 2. The molecule has 0 aliphatic carbocycles. The molecule has 0 unspecified atom stereocenters. The van der Waals surface area contributed by atoms with Crippen LogP contribution in [0.1, 0.15) is 22.0 Å². The highest BCUT2D eigenvalue weighted by atomic mass is 32.2. The van der Waals surface area contributed by atoms with E-state index in [1.54, 1.807) is 0 Å². The number of hydrogen-bond acceptors (Lipinski definition) is 6. The predicted molar refractivity (Wildman–Crippen MR) is 96.1 cm³/mol. The Hall–Kier alpha value is -2.29. The topological polar surface area (TPSA) is 103 Å². The van der Waals surface area contributed by atoms with E-state index in [9.17, 15) is 13.2 Å². The van der Waals surface area contributed by atoms with E-state index in [1.165, 1.54) is 29.7 Å². The molecule has 2 atom stereocenters. The number of pyridine rings is 1. The van der Waals surface area contributed by atoms with Gasteiger partial charge in [0.05, 0.1) is 7.11 Å². The molecule has 138 valence electrons. The first kappa shape index (κ1) is 18.5. The third-order valence-corrected chi connectivity index (χ3v) is 6.52.